The highest BCUT2D eigenvalue weighted by molar-refractivity contribution is 6.27. The summed E-state index contributed by atoms with van der Waals surface area (Å²) in [6.07, 6.45) is 3.56. The maximum atomic E-state index is 2.45. The van der Waals surface area contributed by atoms with Crippen LogP contribution < -0.4 is 4.90 Å². The van der Waals surface area contributed by atoms with Crippen molar-refractivity contribution in [1.82, 2.24) is 0 Å². The first-order valence-electron chi connectivity index (χ1n) is 20.6. The van der Waals surface area contributed by atoms with Crippen molar-refractivity contribution >= 4 is 70.9 Å². The van der Waals surface area contributed by atoms with E-state index in [1.807, 2.05) is 0 Å². The molecule has 0 aliphatic heterocycles. The zero-order chi connectivity index (χ0) is 38.8. The van der Waals surface area contributed by atoms with Gasteiger partial charge >= 0.3 is 0 Å². The van der Waals surface area contributed by atoms with E-state index in [1.165, 1.54) is 122 Å². The van der Waals surface area contributed by atoms with Crippen LogP contribution in [0.3, 0.4) is 0 Å². The molecule has 0 spiro atoms. The van der Waals surface area contributed by atoms with Crippen molar-refractivity contribution in [3.05, 3.63) is 186 Å². The lowest BCUT2D eigenvalue weighted by atomic mass is 9.85. The molecule has 0 atom stereocenters. The van der Waals surface area contributed by atoms with Gasteiger partial charge in [0.05, 0.1) is 5.69 Å². The van der Waals surface area contributed by atoms with Crippen molar-refractivity contribution in [3.63, 3.8) is 0 Å². The fourth-order valence-electron chi connectivity index (χ4n) is 9.46. The molecule has 10 rings (SSSR count). The maximum Gasteiger partial charge on any atom is 0.0618 e. The third-order valence-corrected chi connectivity index (χ3v) is 12.2. The summed E-state index contributed by atoms with van der Waals surface area (Å²) in [5.74, 6) is 0. The Bertz CT molecular complexity index is 3010. The van der Waals surface area contributed by atoms with Gasteiger partial charge in [-0.15, -0.1) is 0 Å². The highest BCUT2D eigenvalue weighted by atomic mass is 15.1. The molecule has 0 saturated carbocycles. The molecule has 0 radical (unpaired) electrons. The average Bonchev–Trinajstić information content (AvgIpc) is 3.23. The van der Waals surface area contributed by atoms with Crippen molar-refractivity contribution in [1.29, 1.82) is 0 Å². The summed E-state index contributed by atoms with van der Waals surface area (Å²) >= 11 is 0. The minimum atomic E-state index is 1.13. The largest absolute Gasteiger partial charge is 0.309 e. The number of anilines is 3. The Morgan fingerprint density at radius 2 is 0.982 bits per heavy atom. The molecular weight excluding hydrogens is 687 g/mol. The minimum Gasteiger partial charge on any atom is -0.309 e. The highest BCUT2D eigenvalue weighted by Gasteiger charge is 2.23. The molecule has 1 heteroatoms. The van der Waals surface area contributed by atoms with Gasteiger partial charge in [-0.2, -0.15) is 0 Å². The third kappa shape index (κ3) is 5.92. The molecule has 0 fully saturated rings. The van der Waals surface area contributed by atoms with E-state index >= 15 is 0 Å². The second-order valence-corrected chi connectivity index (χ2v) is 16.3. The SMILES string of the molecule is CCCCc1cc2ccc3c(C)cc(-c4cc(C)cc(-c5c6ccccc6c(N(c6ccc(C)cc6)c6ccc(C)cc6)c6ccccc56)c4)c4ccc(c1)c2c34. The molecule has 10 aromatic carbocycles. The molecular formula is C56H47N. The van der Waals surface area contributed by atoms with Crippen molar-refractivity contribution in [2.75, 3.05) is 4.90 Å². The molecule has 0 saturated heterocycles. The summed E-state index contributed by atoms with van der Waals surface area (Å²) in [7, 11) is 0. The van der Waals surface area contributed by atoms with Gasteiger partial charge in [0, 0.05) is 22.1 Å². The van der Waals surface area contributed by atoms with Crippen LogP contribution >= 0.6 is 0 Å². The number of unbranched alkanes of at least 4 members (excludes halogenated alkanes) is 1. The van der Waals surface area contributed by atoms with Gasteiger partial charge in [0.15, 0.2) is 0 Å². The Hall–Kier alpha value is -6.44. The lowest BCUT2D eigenvalue weighted by Gasteiger charge is -2.30. The van der Waals surface area contributed by atoms with Gasteiger partial charge in [-0.25, -0.2) is 0 Å². The van der Waals surface area contributed by atoms with Crippen molar-refractivity contribution in [2.24, 2.45) is 0 Å². The number of hydrogen-bond donors (Lipinski definition) is 0. The summed E-state index contributed by atoms with van der Waals surface area (Å²) < 4.78 is 0. The van der Waals surface area contributed by atoms with E-state index in [0.717, 1.165) is 17.8 Å². The summed E-state index contributed by atoms with van der Waals surface area (Å²) in [5.41, 5.74) is 15.1. The van der Waals surface area contributed by atoms with Crippen LogP contribution in [0, 0.1) is 27.7 Å². The zero-order valence-electron chi connectivity index (χ0n) is 33.6. The Morgan fingerprint density at radius 1 is 0.439 bits per heavy atom. The predicted octanol–water partition coefficient (Wildman–Crippen LogP) is 16.3. The molecule has 0 aliphatic carbocycles. The molecule has 57 heavy (non-hydrogen) atoms. The molecule has 1 nitrogen and oxygen atoms in total. The smallest absolute Gasteiger partial charge is 0.0618 e. The number of rotatable bonds is 8. The van der Waals surface area contributed by atoms with Crippen LogP contribution in [-0.4, -0.2) is 0 Å². The molecule has 0 N–H and O–H groups in total. The second-order valence-electron chi connectivity index (χ2n) is 16.3. The Morgan fingerprint density at radius 3 is 1.56 bits per heavy atom. The first-order valence-corrected chi connectivity index (χ1v) is 20.6. The van der Waals surface area contributed by atoms with Gasteiger partial charge in [-0.1, -0.05) is 152 Å². The fraction of sp³-hybridized carbons (Fsp3) is 0.143. The number of aryl methyl sites for hydroxylation is 5. The van der Waals surface area contributed by atoms with E-state index < -0.39 is 0 Å². The Labute approximate surface area is 336 Å². The normalized spacial score (nSPS) is 11.8. The van der Waals surface area contributed by atoms with Crippen LogP contribution in [0.5, 0.6) is 0 Å². The number of benzene rings is 10. The lowest BCUT2D eigenvalue weighted by Crippen LogP contribution is -2.11. The molecule has 276 valence electrons. The van der Waals surface area contributed by atoms with E-state index in [2.05, 4.69) is 197 Å². The van der Waals surface area contributed by atoms with Crippen LogP contribution in [0.4, 0.5) is 17.1 Å². The molecule has 0 aliphatic rings. The molecule has 0 heterocycles. The van der Waals surface area contributed by atoms with Crippen LogP contribution in [0.25, 0.3) is 76.1 Å². The van der Waals surface area contributed by atoms with Gasteiger partial charge in [0.25, 0.3) is 0 Å². The number of fused-ring (bicyclic) bond motifs is 2. The summed E-state index contributed by atoms with van der Waals surface area (Å²) in [6.45, 7) is 11.1. The number of nitrogens with zero attached hydrogens (tertiary/aromatic N) is 1. The first-order chi connectivity index (χ1) is 27.9. The maximum absolute atomic E-state index is 2.45. The average molecular weight is 734 g/mol. The molecule has 0 amide bonds. The third-order valence-electron chi connectivity index (χ3n) is 12.2. The Balaban J connectivity index is 1.22. The van der Waals surface area contributed by atoms with E-state index in [1.54, 1.807) is 0 Å². The van der Waals surface area contributed by atoms with Crippen molar-refractivity contribution < 1.29 is 0 Å². The first kappa shape index (κ1) is 35.0. The topological polar surface area (TPSA) is 3.24 Å². The summed E-state index contributed by atoms with van der Waals surface area (Å²) in [6, 6.07) is 59.9. The van der Waals surface area contributed by atoms with Crippen molar-refractivity contribution in [3.8, 4) is 22.3 Å². The van der Waals surface area contributed by atoms with Gasteiger partial charge in [-0.3, -0.25) is 0 Å². The van der Waals surface area contributed by atoms with E-state index in [-0.39, 0.29) is 0 Å². The van der Waals surface area contributed by atoms with Crippen LogP contribution in [0.15, 0.2) is 158 Å². The van der Waals surface area contributed by atoms with Crippen molar-refractivity contribution in [2.45, 2.75) is 53.9 Å². The molecule has 0 unspecified atom stereocenters. The monoisotopic (exact) mass is 733 g/mol. The molecule has 10 aromatic rings. The van der Waals surface area contributed by atoms with E-state index in [0.29, 0.717) is 0 Å². The fourth-order valence-corrected chi connectivity index (χ4v) is 9.46. The summed E-state index contributed by atoms with van der Waals surface area (Å²) in [5, 5.41) is 13.1. The van der Waals surface area contributed by atoms with Crippen LogP contribution in [0.2, 0.25) is 0 Å². The van der Waals surface area contributed by atoms with E-state index in [4.69, 9.17) is 0 Å². The highest BCUT2D eigenvalue weighted by Crippen LogP contribution is 2.49. The second kappa shape index (κ2) is 13.9. The summed E-state index contributed by atoms with van der Waals surface area (Å²) in [4.78, 5) is 2.45. The number of hydrogen-bond acceptors (Lipinski definition) is 1. The molecule has 0 aromatic heterocycles. The minimum absolute atomic E-state index is 1.13. The Kier molecular flexibility index (Phi) is 8.56. The van der Waals surface area contributed by atoms with Gasteiger partial charge in [0.1, 0.15) is 0 Å². The quantitative estimate of drug-likeness (QED) is 0.111. The lowest BCUT2D eigenvalue weighted by molar-refractivity contribution is 0.796. The van der Waals surface area contributed by atoms with Gasteiger partial charge < -0.3 is 4.90 Å². The molecule has 0 bridgehead atoms. The van der Waals surface area contributed by atoms with Crippen LogP contribution in [-0.2, 0) is 6.42 Å². The van der Waals surface area contributed by atoms with Gasteiger partial charge in [0.2, 0.25) is 0 Å². The zero-order valence-corrected chi connectivity index (χ0v) is 33.6. The predicted molar refractivity (Wildman–Crippen MR) is 248 cm³/mol. The van der Waals surface area contributed by atoms with Gasteiger partial charge in [-0.05, 0) is 153 Å². The van der Waals surface area contributed by atoms with Crippen LogP contribution in [0.1, 0.15) is 47.6 Å². The van der Waals surface area contributed by atoms with E-state index in [9.17, 15) is 0 Å². The standard InChI is InChI=1S/C56H47N/c1-6-7-12-39-32-40-21-27-46-38(5)31-52(49-28-22-41(33-39)53(40)55(46)49)42-29-37(4)30-43(34-42)54-47-13-8-10-15-50(47)56(51-16-11-9-14-48(51)54)57(44-23-17-35(2)18-24-44)45-25-19-36(3)20-26-45/h8-11,13-34H,6-7,12H2,1-5H3.